The van der Waals surface area contributed by atoms with Gasteiger partial charge < -0.3 is 23.5 Å². The van der Waals surface area contributed by atoms with Crippen molar-refractivity contribution in [3.63, 3.8) is 0 Å². The number of hydrogen-bond acceptors (Lipinski definition) is 15. The van der Waals surface area contributed by atoms with Gasteiger partial charge in [0.15, 0.2) is 37.6 Å². The zero-order valence-electron chi connectivity index (χ0n) is 48.9. The molecule has 8 aliphatic carbocycles. The number of ether oxygens (including phenoxy) is 4. The van der Waals surface area contributed by atoms with E-state index in [0.29, 0.717) is 21.8 Å². The lowest BCUT2D eigenvalue weighted by Crippen LogP contribution is -2.51. The van der Waals surface area contributed by atoms with Crippen LogP contribution in [-0.4, -0.2) is 89.4 Å². The molecule has 0 N–H and O–H groups in total. The molecule has 0 amide bonds. The number of alkyl halides is 2. The quantitative estimate of drug-likeness (QED) is 0.0444. The first-order valence-electron chi connectivity index (χ1n) is 29.6. The maximum Gasteiger partial charge on any atom is 0.367 e. The standard InChI is InChI=1S/2C23H31O2S.C16H22F2N4O7S/c2*1-15-7-20(26-5-3-4-6-26)8-16(2)21(15)25-22(24)23-12-17-9-18(13-23)11-19(10-17)14-23;1-4-28-12(23)5-7-14(2,9-19)21-22-15(3,10-20)8-6-13(24)29-11-16(17,18)30(25,26)27/h2*7-8,17-19H,3-6,9-14H2,1-2H3;4-8,11H2,1-3H3,(H,25,26,27)/q2*+1;/p-1. The van der Waals surface area contributed by atoms with Crippen LogP contribution in [0.2, 0.25) is 0 Å². The van der Waals surface area contributed by atoms with Gasteiger partial charge in [0.2, 0.25) is 0 Å². The number of nitrogens with zero attached hydrogens (tertiary/aromatic N) is 4. The number of carbonyl (C=O) groups is 4. The van der Waals surface area contributed by atoms with Crippen LogP contribution in [0.3, 0.4) is 0 Å². The highest BCUT2D eigenvalue weighted by molar-refractivity contribution is 7.97. The van der Waals surface area contributed by atoms with E-state index < -0.39 is 51.4 Å². The Morgan fingerprint density at radius 3 is 1.20 bits per heavy atom. The number of rotatable bonds is 18. The van der Waals surface area contributed by atoms with Gasteiger partial charge in [0.1, 0.15) is 34.5 Å². The van der Waals surface area contributed by atoms with E-state index in [2.05, 4.69) is 66.9 Å². The third-order valence-corrected chi connectivity index (χ3v) is 24.4. The number of hydrogen-bond donors (Lipinski definition) is 0. The number of nitriles is 2. The van der Waals surface area contributed by atoms with Crippen LogP contribution in [0.1, 0.15) is 171 Å². The lowest BCUT2D eigenvalue weighted by atomic mass is 9.49. The first-order chi connectivity index (χ1) is 38.7. The molecular weight excluding hydrogens is 1110 g/mol. The van der Waals surface area contributed by atoms with Gasteiger partial charge in [0, 0.05) is 34.6 Å². The van der Waals surface area contributed by atoms with Gasteiger partial charge in [-0.05, 0) is 246 Å². The maximum absolute atomic E-state index is 13.3. The zero-order valence-corrected chi connectivity index (χ0v) is 51.4. The van der Waals surface area contributed by atoms with Gasteiger partial charge >= 0.3 is 29.1 Å². The Bertz CT molecular complexity index is 2700. The number of azo groups is 1. The van der Waals surface area contributed by atoms with Crippen molar-refractivity contribution in [1.29, 1.82) is 10.5 Å². The molecular formula is C62H83F2N4O11S3+. The molecule has 2 atom stereocenters. The van der Waals surface area contributed by atoms with Crippen molar-refractivity contribution in [2.75, 3.05) is 36.2 Å². The average Bonchev–Trinajstić information content (AvgIpc) is 4.32. The highest BCUT2D eigenvalue weighted by atomic mass is 32.2. The molecule has 10 fully saturated rings. The Labute approximate surface area is 489 Å². The molecule has 2 aliphatic heterocycles. The molecule has 2 heterocycles. The fraction of sp³-hybridized carbons (Fsp3) is 0.710. The molecule has 0 radical (unpaired) electrons. The van der Waals surface area contributed by atoms with Crippen LogP contribution in [0.25, 0.3) is 0 Å². The summed E-state index contributed by atoms with van der Waals surface area (Å²) in [7, 11) is -5.16. The summed E-state index contributed by atoms with van der Waals surface area (Å²) in [6.07, 6.45) is 19.0. The Balaban J connectivity index is 0.000000161. The number of halogens is 2. The summed E-state index contributed by atoms with van der Waals surface area (Å²) in [6, 6.07) is 12.8. The van der Waals surface area contributed by atoms with Gasteiger partial charge in [-0.3, -0.25) is 19.2 Å². The second-order valence-corrected chi connectivity index (χ2v) is 31.7. The molecule has 2 unspecified atom stereocenters. The molecule has 0 spiro atoms. The molecule has 12 rings (SSSR count). The van der Waals surface area contributed by atoms with Crippen molar-refractivity contribution in [2.45, 2.75) is 203 Å². The van der Waals surface area contributed by atoms with Crippen molar-refractivity contribution < 1.29 is 59.9 Å². The fourth-order valence-corrected chi connectivity index (χ4v) is 20.2. The Morgan fingerprint density at radius 1 is 0.610 bits per heavy atom. The van der Waals surface area contributed by atoms with Crippen LogP contribution >= 0.6 is 0 Å². The van der Waals surface area contributed by atoms with Crippen molar-refractivity contribution in [1.82, 2.24) is 0 Å². The van der Waals surface area contributed by atoms with E-state index in [4.69, 9.17) is 14.2 Å². The molecule has 8 bridgehead atoms. The van der Waals surface area contributed by atoms with E-state index in [1.165, 1.54) is 111 Å². The van der Waals surface area contributed by atoms with Gasteiger partial charge in [-0.15, -0.1) is 0 Å². The topological polar surface area (TPSA) is 235 Å². The number of benzene rings is 2. The van der Waals surface area contributed by atoms with E-state index in [9.17, 15) is 51.5 Å². The van der Waals surface area contributed by atoms with Crippen LogP contribution in [0.15, 0.2) is 44.3 Å². The minimum atomic E-state index is -6.00. The van der Waals surface area contributed by atoms with E-state index in [1.807, 2.05) is 6.07 Å². The lowest BCUT2D eigenvalue weighted by Gasteiger charge is -2.55. The predicted molar refractivity (Wildman–Crippen MR) is 307 cm³/mol. The monoisotopic (exact) mass is 1190 g/mol. The Kier molecular flexibility index (Phi) is 20.0. The normalized spacial score (nSPS) is 28.6. The minimum absolute atomic E-state index is 0.0475. The molecule has 15 nitrogen and oxygen atoms in total. The summed E-state index contributed by atoms with van der Waals surface area (Å²) in [6.45, 7) is 10.9. The van der Waals surface area contributed by atoms with E-state index in [0.717, 1.165) is 108 Å². The minimum Gasteiger partial charge on any atom is -0.743 e. The van der Waals surface area contributed by atoms with Crippen LogP contribution in [0.4, 0.5) is 8.78 Å². The molecule has 82 heavy (non-hydrogen) atoms. The third kappa shape index (κ3) is 15.1. The van der Waals surface area contributed by atoms with Gasteiger partial charge in [-0.2, -0.15) is 29.5 Å². The number of esters is 4. The van der Waals surface area contributed by atoms with E-state index in [-0.39, 0.29) is 48.6 Å². The molecule has 2 aromatic carbocycles. The summed E-state index contributed by atoms with van der Waals surface area (Å²) < 4.78 is 78.1. The molecule has 20 heteroatoms. The van der Waals surface area contributed by atoms with Gasteiger partial charge in [0.25, 0.3) is 0 Å². The molecule has 2 aromatic rings. The van der Waals surface area contributed by atoms with Crippen molar-refractivity contribution in [3.05, 3.63) is 46.5 Å². The Hall–Kier alpha value is -4.63. The zero-order chi connectivity index (χ0) is 59.4. The lowest BCUT2D eigenvalue weighted by molar-refractivity contribution is -0.162. The largest absolute Gasteiger partial charge is 0.743 e. The maximum atomic E-state index is 13.3. The van der Waals surface area contributed by atoms with Crippen molar-refractivity contribution >= 4 is 55.8 Å². The van der Waals surface area contributed by atoms with E-state index >= 15 is 0 Å². The van der Waals surface area contributed by atoms with Gasteiger partial charge in [0.05, 0.1) is 29.6 Å². The highest BCUT2D eigenvalue weighted by Gasteiger charge is 2.57. The third-order valence-electron chi connectivity index (χ3n) is 18.6. The molecule has 2 saturated heterocycles. The predicted octanol–water partition coefficient (Wildman–Crippen LogP) is 12.2. The summed E-state index contributed by atoms with van der Waals surface area (Å²) >= 11 is 0. The molecule has 10 aliphatic rings. The average molecular weight is 1190 g/mol. The van der Waals surface area contributed by atoms with Crippen LogP contribution < -0.4 is 9.47 Å². The molecule has 448 valence electrons. The van der Waals surface area contributed by atoms with Crippen LogP contribution in [-0.2, 0) is 60.6 Å². The summed E-state index contributed by atoms with van der Waals surface area (Å²) in [5.74, 6) is 10.0. The smallest absolute Gasteiger partial charge is 0.367 e. The second-order valence-electron chi connectivity index (χ2n) is 25.7. The summed E-state index contributed by atoms with van der Waals surface area (Å²) in [4.78, 5) is 52.5. The Morgan fingerprint density at radius 2 is 0.915 bits per heavy atom. The first-order valence-corrected chi connectivity index (χ1v) is 34.1. The second kappa shape index (κ2) is 25.9. The fourth-order valence-electron chi connectivity index (χ4n) is 15.1. The molecule has 0 aromatic heterocycles. The highest BCUT2D eigenvalue weighted by Crippen LogP contribution is 2.62. The van der Waals surface area contributed by atoms with Gasteiger partial charge in [-0.25, -0.2) is 8.42 Å². The van der Waals surface area contributed by atoms with Crippen LogP contribution in [0.5, 0.6) is 11.5 Å². The van der Waals surface area contributed by atoms with Crippen molar-refractivity contribution in [3.8, 4) is 23.6 Å². The summed E-state index contributed by atoms with van der Waals surface area (Å²) in [5, 5.41) is 21.3. The number of aryl methyl sites for hydroxylation is 4. The number of carbonyl (C=O) groups excluding carboxylic acids is 4. The first kappa shape index (κ1) is 63.4. The van der Waals surface area contributed by atoms with E-state index in [1.54, 1.807) is 13.0 Å². The van der Waals surface area contributed by atoms with Crippen LogP contribution in [0, 0.1) is 96.7 Å². The summed E-state index contributed by atoms with van der Waals surface area (Å²) in [5.41, 5.74) is 1.16. The SMILES string of the molecule is CCOC(=O)CCC(C)(C#N)N=NC(C)(C#N)CCC(=O)OCC(F)(F)S(=O)(=O)[O-].Cc1cc([S+]2CCCC2)cc(C)c1OC(=O)C12CC3CC(CC(C3)C1)C2.Cc1cc([S+]2CCCC2)cc(C)c1OC(=O)C12CC3CC(CC(C3)C1)C2. The molecule has 8 saturated carbocycles. The van der Waals surface area contributed by atoms with Crippen molar-refractivity contribution in [2.24, 2.45) is 56.6 Å². The van der Waals surface area contributed by atoms with Gasteiger partial charge in [-0.1, -0.05) is 0 Å².